The number of hydrogen-bond acceptors (Lipinski definition) is 7. The molecule has 7 heteroatoms. The Kier molecular flexibility index (Phi) is 13.5. The lowest BCUT2D eigenvalue weighted by atomic mass is 10.1. The van der Waals surface area contributed by atoms with Crippen molar-refractivity contribution in [3.63, 3.8) is 0 Å². The zero-order valence-electron chi connectivity index (χ0n) is 20.3. The highest BCUT2D eigenvalue weighted by Crippen LogP contribution is 2.24. The Morgan fingerprint density at radius 3 is 2.82 bits per heavy atom. The Morgan fingerprint density at radius 1 is 1.18 bits per heavy atom. The number of methoxy groups -OCH3 is 1. The van der Waals surface area contributed by atoms with Crippen LogP contribution < -0.4 is 4.74 Å². The second-order valence-electron chi connectivity index (χ2n) is 7.76. The third-order valence-corrected chi connectivity index (χ3v) is 5.10. The van der Waals surface area contributed by atoms with E-state index in [1.54, 1.807) is 13.0 Å². The maximum absolute atomic E-state index is 11.6. The van der Waals surface area contributed by atoms with E-state index < -0.39 is 5.97 Å². The van der Waals surface area contributed by atoms with Gasteiger partial charge in [-0.2, -0.15) is 0 Å². The van der Waals surface area contributed by atoms with Crippen LogP contribution in [0.4, 0.5) is 0 Å². The molecule has 1 unspecified atom stereocenters. The molecule has 0 bridgehead atoms. The molecule has 1 aromatic carbocycles. The summed E-state index contributed by atoms with van der Waals surface area (Å²) >= 11 is 0. The number of rotatable bonds is 13. The van der Waals surface area contributed by atoms with Crippen molar-refractivity contribution >= 4 is 18.0 Å². The van der Waals surface area contributed by atoms with Gasteiger partial charge in [0, 0.05) is 43.3 Å². The molecular weight excluding hydrogens is 436 g/mol. The molecule has 1 aliphatic heterocycles. The highest BCUT2D eigenvalue weighted by Gasteiger charge is 2.13. The molecule has 1 heterocycles. The van der Waals surface area contributed by atoms with Gasteiger partial charge in [-0.15, -0.1) is 0 Å². The van der Waals surface area contributed by atoms with Crippen molar-refractivity contribution in [3.05, 3.63) is 35.4 Å². The van der Waals surface area contributed by atoms with E-state index in [-0.39, 0.29) is 18.7 Å². The molecule has 0 amide bonds. The average molecular weight is 473 g/mol. The minimum Gasteiger partial charge on any atom is -0.493 e. The van der Waals surface area contributed by atoms with E-state index >= 15 is 0 Å². The van der Waals surface area contributed by atoms with E-state index in [1.807, 2.05) is 18.2 Å². The molecule has 1 saturated heterocycles. The number of unbranched alkanes of at least 4 members (excludes halogenated alkanes) is 2. The van der Waals surface area contributed by atoms with Crippen LogP contribution in [0.25, 0.3) is 6.08 Å². The Morgan fingerprint density at radius 2 is 2.06 bits per heavy atom. The van der Waals surface area contributed by atoms with Crippen molar-refractivity contribution < 1.29 is 33.3 Å². The largest absolute Gasteiger partial charge is 0.493 e. The monoisotopic (exact) mass is 472 g/mol. The molecule has 0 saturated carbocycles. The highest BCUT2D eigenvalue weighted by atomic mass is 16.7. The van der Waals surface area contributed by atoms with Crippen LogP contribution in [0.2, 0.25) is 0 Å². The number of esters is 2. The number of benzene rings is 1. The third-order valence-electron chi connectivity index (χ3n) is 5.10. The molecule has 0 N–H and O–H groups in total. The summed E-state index contributed by atoms with van der Waals surface area (Å²) in [5.74, 6) is 6.28. The predicted octanol–water partition coefficient (Wildman–Crippen LogP) is 4.66. The molecule has 0 spiro atoms. The van der Waals surface area contributed by atoms with Crippen LogP contribution >= 0.6 is 0 Å². The first-order valence-electron chi connectivity index (χ1n) is 12.0. The van der Waals surface area contributed by atoms with Crippen LogP contribution in [0.5, 0.6) is 5.75 Å². The second-order valence-corrected chi connectivity index (χ2v) is 7.76. The van der Waals surface area contributed by atoms with Crippen LogP contribution in [-0.4, -0.2) is 51.8 Å². The first-order valence-corrected chi connectivity index (χ1v) is 12.0. The Bertz CT molecular complexity index is 844. The third kappa shape index (κ3) is 10.9. The Hall–Kier alpha value is -2.82. The molecule has 34 heavy (non-hydrogen) atoms. The lowest BCUT2D eigenvalue weighted by Gasteiger charge is -2.22. The molecule has 186 valence electrons. The van der Waals surface area contributed by atoms with E-state index in [9.17, 15) is 9.59 Å². The van der Waals surface area contributed by atoms with Gasteiger partial charge in [0.05, 0.1) is 20.3 Å². The molecule has 7 nitrogen and oxygen atoms in total. The summed E-state index contributed by atoms with van der Waals surface area (Å²) in [6.07, 6.45) is 9.60. The lowest BCUT2D eigenvalue weighted by Crippen LogP contribution is -2.22. The van der Waals surface area contributed by atoms with Crippen molar-refractivity contribution in [3.8, 4) is 17.6 Å². The summed E-state index contributed by atoms with van der Waals surface area (Å²) < 4.78 is 26.8. The van der Waals surface area contributed by atoms with Crippen LogP contribution in [0.3, 0.4) is 0 Å². The van der Waals surface area contributed by atoms with Gasteiger partial charge >= 0.3 is 11.9 Å². The predicted molar refractivity (Wildman–Crippen MR) is 129 cm³/mol. The summed E-state index contributed by atoms with van der Waals surface area (Å²) in [6.45, 7) is 3.96. The minimum absolute atomic E-state index is 0.0518. The normalized spacial score (nSPS) is 15.4. The van der Waals surface area contributed by atoms with Crippen LogP contribution in [-0.2, 0) is 28.5 Å². The van der Waals surface area contributed by atoms with Gasteiger partial charge in [-0.25, -0.2) is 4.79 Å². The first-order chi connectivity index (χ1) is 16.6. The summed E-state index contributed by atoms with van der Waals surface area (Å²) in [5, 5.41) is 0. The van der Waals surface area contributed by atoms with E-state index in [2.05, 4.69) is 11.8 Å². The van der Waals surface area contributed by atoms with Gasteiger partial charge in [-0.3, -0.25) is 4.79 Å². The van der Waals surface area contributed by atoms with Crippen molar-refractivity contribution in [1.29, 1.82) is 0 Å². The quantitative estimate of drug-likeness (QED) is 0.179. The fourth-order valence-electron chi connectivity index (χ4n) is 3.33. The maximum atomic E-state index is 11.6. The smallest absolute Gasteiger partial charge is 0.330 e. The maximum Gasteiger partial charge on any atom is 0.330 e. The molecule has 0 aliphatic carbocycles. The Labute approximate surface area is 202 Å². The van der Waals surface area contributed by atoms with Crippen LogP contribution in [0.1, 0.15) is 69.4 Å². The summed E-state index contributed by atoms with van der Waals surface area (Å²) in [6, 6.07) is 5.56. The van der Waals surface area contributed by atoms with Gasteiger partial charge in [0.2, 0.25) is 0 Å². The molecule has 2 rings (SSSR count). The molecular formula is C27H36O7. The number of carbonyl (C=O) groups excluding carboxylic acids is 2. The zero-order chi connectivity index (χ0) is 24.4. The van der Waals surface area contributed by atoms with Crippen molar-refractivity contribution in [2.45, 2.75) is 64.6 Å². The van der Waals surface area contributed by atoms with Crippen molar-refractivity contribution in [2.24, 2.45) is 0 Å². The standard InChI is InChI=1S/C27H36O7/c1-3-31-26(29)15-11-21-32-24-14-10-13-22(23(24)17-18-25(28)30-2)12-6-4-5-8-19-33-27-16-7-9-20-34-27/h10,13-14,17-18,27H,3-5,7-9,11,15-16,19-21H2,1-2H3/b18-17+. The Balaban J connectivity index is 1.91. The number of ether oxygens (including phenoxy) is 5. The fraction of sp³-hybridized carbons (Fsp3) is 0.556. The van der Waals surface area contributed by atoms with Gasteiger partial charge in [-0.05, 0) is 63.7 Å². The first kappa shape index (κ1) is 27.4. The van der Waals surface area contributed by atoms with Crippen molar-refractivity contribution in [2.75, 3.05) is 33.5 Å². The average Bonchev–Trinajstić information content (AvgIpc) is 2.86. The van der Waals surface area contributed by atoms with Gasteiger partial charge in [0.15, 0.2) is 6.29 Å². The topological polar surface area (TPSA) is 80.3 Å². The number of hydrogen-bond donors (Lipinski definition) is 0. The SMILES string of the molecule is CCOC(=O)CCCOc1cccc(C#CCCCCOC2CCCCO2)c1/C=C/C(=O)OC. The second kappa shape index (κ2) is 16.7. The molecule has 0 aromatic heterocycles. The number of carbonyl (C=O) groups is 2. The zero-order valence-corrected chi connectivity index (χ0v) is 20.3. The summed E-state index contributed by atoms with van der Waals surface area (Å²) in [7, 11) is 1.33. The van der Waals surface area contributed by atoms with Crippen LogP contribution in [0, 0.1) is 11.8 Å². The molecule has 0 radical (unpaired) electrons. The van der Waals surface area contributed by atoms with E-state index in [4.69, 9.17) is 23.7 Å². The van der Waals surface area contributed by atoms with Crippen molar-refractivity contribution in [1.82, 2.24) is 0 Å². The minimum atomic E-state index is -0.460. The van der Waals surface area contributed by atoms with Gasteiger partial charge < -0.3 is 23.7 Å². The van der Waals surface area contributed by atoms with Gasteiger partial charge in [-0.1, -0.05) is 17.9 Å². The van der Waals surface area contributed by atoms with Crippen LogP contribution in [0.15, 0.2) is 24.3 Å². The molecule has 1 atom stereocenters. The summed E-state index contributed by atoms with van der Waals surface area (Å²) in [4.78, 5) is 23.1. The lowest BCUT2D eigenvalue weighted by molar-refractivity contribution is -0.162. The van der Waals surface area contributed by atoms with E-state index in [0.717, 1.165) is 50.7 Å². The summed E-state index contributed by atoms with van der Waals surface area (Å²) in [5.41, 5.74) is 1.46. The fourth-order valence-corrected chi connectivity index (χ4v) is 3.33. The molecule has 1 aromatic rings. The van der Waals surface area contributed by atoms with Gasteiger partial charge in [0.25, 0.3) is 0 Å². The molecule has 1 aliphatic rings. The molecule has 1 fully saturated rings. The highest BCUT2D eigenvalue weighted by molar-refractivity contribution is 5.88. The van der Waals surface area contributed by atoms with E-state index in [1.165, 1.54) is 13.2 Å². The van der Waals surface area contributed by atoms with E-state index in [0.29, 0.717) is 37.6 Å². The van der Waals surface area contributed by atoms with Gasteiger partial charge in [0.1, 0.15) is 5.75 Å².